The first-order valence-electron chi connectivity index (χ1n) is 7.63. The molecule has 1 aliphatic heterocycles. The Morgan fingerprint density at radius 3 is 2.87 bits per heavy atom. The number of rotatable bonds is 3. The van der Waals surface area contributed by atoms with E-state index in [-0.39, 0.29) is 17.6 Å². The predicted octanol–water partition coefficient (Wildman–Crippen LogP) is 1.46. The molecule has 2 aromatic rings. The standard InChI is InChI=1S/C15H19N5O3/c1-10(2)20-8-12(17-18-20)11-4-3-6-19(7-5-11)14(21)13-9-23-15(22)16-13/h4,8-10H,3,5-7H2,1-2H3,(H,16,22). The van der Waals surface area contributed by atoms with Crippen LogP contribution >= 0.6 is 0 Å². The summed E-state index contributed by atoms with van der Waals surface area (Å²) >= 11 is 0. The summed E-state index contributed by atoms with van der Waals surface area (Å²) in [4.78, 5) is 27.5. The predicted molar refractivity (Wildman–Crippen MR) is 82.9 cm³/mol. The van der Waals surface area contributed by atoms with Gasteiger partial charge in [0.1, 0.15) is 17.7 Å². The smallest absolute Gasteiger partial charge is 0.416 e. The number of amides is 1. The number of aromatic nitrogens is 4. The first-order valence-corrected chi connectivity index (χ1v) is 7.63. The third-order valence-electron chi connectivity index (χ3n) is 3.85. The second-order valence-corrected chi connectivity index (χ2v) is 5.80. The van der Waals surface area contributed by atoms with Gasteiger partial charge in [-0.05, 0) is 32.3 Å². The maximum atomic E-state index is 12.3. The lowest BCUT2D eigenvalue weighted by Gasteiger charge is -2.19. The van der Waals surface area contributed by atoms with Gasteiger partial charge in [0.2, 0.25) is 0 Å². The number of oxazole rings is 1. The minimum atomic E-state index is -0.618. The highest BCUT2D eigenvalue weighted by atomic mass is 16.4. The Morgan fingerprint density at radius 2 is 2.22 bits per heavy atom. The van der Waals surface area contributed by atoms with Gasteiger partial charge < -0.3 is 9.32 Å². The lowest BCUT2D eigenvalue weighted by atomic mass is 10.1. The largest absolute Gasteiger partial charge is 0.416 e. The van der Waals surface area contributed by atoms with Crippen molar-refractivity contribution in [3.63, 3.8) is 0 Å². The third-order valence-corrected chi connectivity index (χ3v) is 3.85. The van der Waals surface area contributed by atoms with E-state index in [1.54, 1.807) is 4.90 Å². The van der Waals surface area contributed by atoms with Crippen molar-refractivity contribution >= 4 is 11.5 Å². The van der Waals surface area contributed by atoms with Crippen LogP contribution in [0.1, 0.15) is 48.9 Å². The molecule has 0 fully saturated rings. The summed E-state index contributed by atoms with van der Waals surface area (Å²) in [6.45, 7) is 5.25. The van der Waals surface area contributed by atoms with Crippen LogP contribution in [-0.2, 0) is 0 Å². The van der Waals surface area contributed by atoms with E-state index in [9.17, 15) is 9.59 Å². The lowest BCUT2D eigenvalue weighted by Crippen LogP contribution is -2.32. The average molecular weight is 317 g/mol. The number of nitrogens with one attached hydrogen (secondary N) is 1. The van der Waals surface area contributed by atoms with Crippen molar-refractivity contribution in [1.29, 1.82) is 0 Å². The molecule has 0 atom stereocenters. The Kier molecular flexibility index (Phi) is 4.14. The highest BCUT2D eigenvalue weighted by Gasteiger charge is 2.21. The lowest BCUT2D eigenvalue weighted by molar-refractivity contribution is 0.0758. The van der Waals surface area contributed by atoms with E-state index < -0.39 is 5.76 Å². The molecule has 0 radical (unpaired) electrons. The van der Waals surface area contributed by atoms with Crippen molar-refractivity contribution in [2.75, 3.05) is 13.1 Å². The number of carbonyl (C=O) groups excluding carboxylic acids is 1. The zero-order valence-electron chi connectivity index (χ0n) is 13.2. The highest BCUT2D eigenvalue weighted by Crippen LogP contribution is 2.21. The molecule has 0 spiro atoms. The first-order chi connectivity index (χ1) is 11.0. The maximum absolute atomic E-state index is 12.3. The van der Waals surface area contributed by atoms with Crippen LogP contribution in [0.4, 0.5) is 0 Å². The second-order valence-electron chi connectivity index (χ2n) is 5.80. The molecule has 0 aliphatic carbocycles. The van der Waals surface area contributed by atoms with Gasteiger partial charge in [0.05, 0.1) is 6.20 Å². The summed E-state index contributed by atoms with van der Waals surface area (Å²) in [6.07, 6.45) is 6.63. The Bertz CT molecular complexity index is 783. The zero-order chi connectivity index (χ0) is 16.4. The molecular weight excluding hydrogens is 298 g/mol. The van der Waals surface area contributed by atoms with Gasteiger partial charge in [0.15, 0.2) is 0 Å². The van der Waals surface area contributed by atoms with Gasteiger partial charge in [-0.15, -0.1) is 5.10 Å². The number of nitrogens with zero attached hydrogens (tertiary/aromatic N) is 4. The van der Waals surface area contributed by atoms with Crippen LogP contribution in [0.25, 0.3) is 5.57 Å². The SMILES string of the molecule is CC(C)n1cc(C2=CCCN(C(=O)c3coc(=O)[nH]3)CC2)nn1. The van der Waals surface area contributed by atoms with E-state index in [1.807, 2.05) is 24.7 Å². The van der Waals surface area contributed by atoms with Crippen molar-refractivity contribution in [3.8, 4) is 0 Å². The van der Waals surface area contributed by atoms with E-state index in [0.717, 1.165) is 24.0 Å². The van der Waals surface area contributed by atoms with Gasteiger partial charge in [0, 0.05) is 19.1 Å². The van der Waals surface area contributed by atoms with Gasteiger partial charge in [-0.3, -0.25) is 9.78 Å². The molecule has 23 heavy (non-hydrogen) atoms. The number of hydrogen-bond acceptors (Lipinski definition) is 5. The molecule has 1 aliphatic rings. The van der Waals surface area contributed by atoms with Gasteiger partial charge in [-0.25, -0.2) is 9.48 Å². The molecule has 3 heterocycles. The quantitative estimate of drug-likeness (QED) is 0.924. The molecule has 1 N–H and O–H groups in total. The Labute approximate surface area is 132 Å². The van der Waals surface area contributed by atoms with Crippen LogP contribution in [0.15, 0.2) is 27.7 Å². The molecular formula is C15H19N5O3. The fourth-order valence-corrected chi connectivity index (χ4v) is 2.53. The van der Waals surface area contributed by atoms with Crippen LogP contribution < -0.4 is 5.76 Å². The van der Waals surface area contributed by atoms with Crippen LogP contribution in [0, 0.1) is 0 Å². The number of H-pyrrole nitrogens is 1. The van der Waals surface area contributed by atoms with E-state index in [2.05, 4.69) is 25.8 Å². The molecule has 2 aromatic heterocycles. The van der Waals surface area contributed by atoms with E-state index in [0.29, 0.717) is 19.5 Å². The molecule has 0 unspecified atom stereocenters. The van der Waals surface area contributed by atoms with Crippen molar-refractivity contribution < 1.29 is 9.21 Å². The summed E-state index contributed by atoms with van der Waals surface area (Å²) in [7, 11) is 0. The van der Waals surface area contributed by atoms with Crippen molar-refractivity contribution in [3.05, 3.63) is 40.5 Å². The Morgan fingerprint density at radius 1 is 1.39 bits per heavy atom. The summed E-state index contributed by atoms with van der Waals surface area (Å²) < 4.78 is 6.45. The molecule has 0 aromatic carbocycles. The van der Waals surface area contributed by atoms with Crippen molar-refractivity contribution in [1.82, 2.24) is 24.9 Å². The van der Waals surface area contributed by atoms with E-state index >= 15 is 0 Å². The molecule has 0 saturated carbocycles. The van der Waals surface area contributed by atoms with Crippen molar-refractivity contribution in [2.24, 2.45) is 0 Å². The zero-order valence-corrected chi connectivity index (χ0v) is 13.2. The van der Waals surface area contributed by atoms with E-state index in [1.165, 1.54) is 0 Å². The highest BCUT2D eigenvalue weighted by molar-refractivity contribution is 5.92. The number of hydrogen-bond donors (Lipinski definition) is 1. The molecule has 0 bridgehead atoms. The normalized spacial score (nSPS) is 15.6. The van der Waals surface area contributed by atoms with E-state index in [4.69, 9.17) is 0 Å². The van der Waals surface area contributed by atoms with Crippen LogP contribution in [0.2, 0.25) is 0 Å². The molecule has 122 valence electrons. The van der Waals surface area contributed by atoms with Gasteiger partial charge in [0.25, 0.3) is 5.91 Å². The van der Waals surface area contributed by atoms with Crippen LogP contribution in [0.3, 0.4) is 0 Å². The van der Waals surface area contributed by atoms with Gasteiger partial charge in [-0.1, -0.05) is 11.3 Å². The molecule has 3 rings (SSSR count). The van der Waals surface area contributed by atoms with Crippen molar-refractivity contribution in [2.45, 2.75) is 32.7 Å². The molecule has 8 heteroatoms. The monoisotopic (exact) mass is 317 g/mol. The second kappa shape index (κ2) is 6.23. The summed E-state index contributed by atoms with van der Waals surface area (Å²) in [6, 6.07) is 0.263. The topological polar surface area (TPSA) is 97.0 Å². The molecule has 1 amide bonds. The summed E-state index contributed by atoms with van der Waals surface area (Å²) in [5.41, 5.74) is 2.13. The van der Waals surface area contributed by atoms with Gasteiger partial charge in [-0.2, -0.15) is 0 Å². The summed E-state index contributed by atoms with van der Waals surface area (Å²) in [5.74, 6) is -0.844. The van der Waals surface area contributed by atoms with Gasteiger partial charge >= 0.3 is 5.76 Å². The first kappa shape index (κ1) is 15.3. The third kappa shape index (κ3) is 3.25. The minimum Gasteiger partial charge on any atom is -0.416 e. The number of carbonyl (C=O) groups is 1. The summed E-state index contributed by atoms with van der Waals surface area (Å²) in [5, 5.41) is 8.33. The fraction of sp³-hybridized carbons (Fsp3) is 0.467. The number of aromatic amines is 1. The maximum Gasteiger partial charge on any atom is 0.416 e. The average Bonchev–Trinajstić information content (AvgIpc) is 3.11. The Hall–Kier alpha value is -2.64. The molecule has 0 saturated heterocycles. The van der Waals surface area contributed by atoms with Crippen LogP contribution in [-0.4, -0.2) is 43.9 Å². The Balaban J connectivity index is 1.69. The minimum absolute atomic E-state index is 0.184. The fourth-order valence-electron chi connectivity index (χ4n) is 2.53. The molecule has 8 nitrogen and oxygen atoms in total. The van der Waals surface area contributed by atoms with Crippen LogP contribution in [0.5, 0.6) is 0 Å².